The van der Waals surface area contributed by atoms with Gasteiger partial charge >= 0.3 is 0 Å². The number of unbranched alkanes of at least 4 members (excludes halogenated alkanes) is 6. The third kappa shape index (κ3) is 19.7. The molecule has 6 atom stereocenters. The number of benzene rings is 4. The number of aromatic amines is 2. The van der Waals surface area contributed by atoms with Gasteiger partial charge in [0.05, 0.1) is 45.9 Å². The molecule has 16 nitrogen and oxygen atoms in total. The number of hydrazone groups is 1. The predicted octanol–water partition coefficient (Wildman–Crippen LogP) is 22.3. The van der Waals surface area contributed by atoms with Gasteiger partial charge < -0.3 is 43.4 Å². The Bertz CT molecular complexity index is 3900. The van der Waals surface area contributed by atoms with Gasteiger partial charge in [0.2, 0.25) is 0 Å². The van der Waals surface area contributed by atoms with Crippen LogP contribution in [0.25, 0.3) is 89.7 Å². The number of nitrogens with zero attached hydrogens (tertiary/aromatic N) is 8. The molecule has 0 amide bonds. The lowest BCUT2D eigenvalue weighted by Crippen LogP contribution is -2.14. The van der Waals surface area contributed by atoms with Crippen molar-refractivity contribution < 1.29 is 28.4 Å². The van der Waals surface area contributed by atoms with Crippen molar-refractivity contribution in [2.24, 2.45) is 40.6 Å². The second-order valence-electron chi connectivity index (χ2n) is 28.4. The average molecular weight is 1350 g/mol. The SMILES string of the molecule is CCCCC(CC)COc1cc2c(cc1OCC(CC)CCCC)-c1nc-2nc2[nH]c(nc3nc(nc4[nH]c(n1)c1cccc(/C=N/N(C)C)c41)-c1cc(OCC(CC)CCCC)c(OCC(CC)CCCC)cc1-3)c1cc(OCC(CC)CCCC)c(OCC(CC)CCCC)cc21. The molecule has 5 heterocycles. The molecule has 0 spiro atoms. The number of fused-ring (bicyclic) bond motifs is 20. The van der Waals surface area contributed by atoms with Crippen molar-refractivity contribution in [2.75, 3.05) is 53.7 Å². The molecule has 4 aromatic carbocycles. The van der Waals surface area contributed by atoms with E-state index in [4.69, 9.17) is 63.4 Å². The fourth-order valence-electron chi connectivity index (χ4n) is 13.5. The van der Waals surface area contributed by atoms with Crippen LogP contribution in [0.5, 0.6) is 34.5 Å². The number of rotatable bonds is 44. The topological polar surface area (TPSA) is 180 Å². The summed E-state index contributed by atoms with van der Waals surface area (Å²) in [4.78, 5) is 41.1. The molecule has 0 fully saturated rings. The summed E-state index contributed by atoms with van der Waals surface area (Å²) in [6.07, 6.45) is 28.1. The molecule has 9 rings (SSSR count). The van der Waals surface area contributed by atoms with Gasteiger partial charge in [-0.1, -0.05) is 217 Å². The van der Waals surface area contributed by atoms with Crippen molar-refractivity contribution >= 4 is 50.3 Å². The molecule has 7 aromatic rings. The summed E-state index contributed by atoms with van der Waals surface area (Å²) in [7, 11) is 3.84. The third-order valence-electron chi connectivity index (χ3n) is 20.6. The number of hydrogen-bond donors (Lipinski definition) is 2. The van der Waals surface area contributed by atoms with E-state index in [-0.39, 0.29) is 0 Å². The van der Waals surface area contributed by atoms with Crippen molar-refractivity contribution in [1.82, 2.24) is 44.9 Å². The molecule has 16 heteroatoms. The lowest BCUT2D eigenvalue weighted by molar-refractivity contribution is 0.199. The van der Waals surface area contributed by atoms with E-state index in [9.17, 15) is 0 Å². The number of hydrogen-bond acceptors (Lipinski definition) is 14. The molecule has 3 aromatic heterocycles. The van der Waals surface area contributed by atoms with Crippen LogP contribution in [-0.2, 0) is 0 Å². The van der Waals surface area contributed by atoms with E-state index in [2.05, 4.69) is 142 Å². The van der Waals surface area contributed by atoms with E-state index in [0.717, 1.165) is 203 Å². The molecule has 99 heavy (non-hydrogen) atoms. The Morgan fingerprint density at radius 1 is 0.354 bits per heavy atom. The average Bonchev–Trinajstić information content (AvgIpc) is 1.60. The minimum Gasteiger partial charge on any atom is -0.489 e. The molecule has 0 saturated carbocycles. The van der Waals surface area contributed by atoms with Gasteiger partial charge in [-0.25, -0.2) is 29.9 Å². The van der Waals surface area contributed by atoms with Gasteiger partial charge in [0.1, 0.15) is 22.6 Å². The molecule has 2 aliphatic heterocycles. The van der Waals surface area contributed by atoms with Crippen LogP contribution in [0.4, 0.5) is 0 Å². The summed E-state index contributed by atoms with van der Waals surface area (Å²) in [6.45, 7) is 30.4. The van der Waals surface area contributed by atoms with E-state index < -0.39 is 0 Å². The zero-order valence-electron chi connectivity index (χ0n) is 63.0. The van der Waals surface area contributed by atoms with Gasteiger partial charge in [-0.3, -0.25) is 0 Å². The van der Waals surface area contributed by atoms with Crippen LogP contribution < -0.4 is 28.4 Å². The summed E-state index contributed by atoms with van der Waals surface area (Å²) in [5.74, 6) is 8.09. The van der Waals surface area contributed by atoms with Crippen LogP contribution in [0.2, 0.25) is 0 Å². The van der Waals surface area contributed by atoms with Crippen molar-refractivity contribution in [1.29, 1.82) is 0 Å². The zero-order valence-corrected chi connectivity index (χ0v) is 63.0. The van der Waals surface area contributed by atoms with Gasteiger partial charge in [-0.15, -0.1) is 0 Å². The van der Waals surface area contributed by atoms with E-state index in [1.54, 1.807) is 5.01 Å². The number of ether oxygens (including phenoxy) is 6. The Morgan fingerprint density at radius 2 is 0.626 bits per heavy atom. The number of nitrogens with one attached hydrogen (secondary N) is 2. The van der Waals surface area contributed by atoms with Gasteiger partial charge in [0, 0.05) is 63.5 Å². The van der Waals surface area contributed by atoms with Crippen LogP contribution >= 0.6 is 0 Å². The Hall–Kier alpha value is -7.49. The highest BCUT2D eigenvalue weighted by atomic mass is 16.5. The summed E-state index contributed by atoms with van der Waals surface area (Å²) >= 11 is 0. The molecule has 0 saturated heterocycles. The first kappa shape index (κ1) is 75.7. The highest BCUT2D eigenvalue weighted by Crippen LogP contribution is 2.47. The minimum absolute atomic E-state index is 0.374. The summed E-state index contributed by atoms with van der Waals surface area (Å²) < 4.78 is 42.1. The zero-order chi connectivity index (χ0) is 70.2. The van der Waals surface area contributed by atoms with E-state index in [1.165, 1.54) is 0 Å². The van der Waals surface area contributed by atoms with E-state index in [1.807, 2.05) is 26.4 Å². The minimum atomic E-state index is 0.374. The Kier molecular flexibility index (Phi) is 29.3. The van der Waals surface area contributed by atoms with Crippen molar-refractivity contribution in [3.63, 3.8) is 0 Å². The van der Waals surface area contributed by atoms with E-state index >= 15 is 0 Å². The first-order chi connectivity index (χ1) is 48.3. The number of aromatic nitrogens is 8. The monoisotopic (exact) mass is 1350 g/mol. The van der Waals surface area contributed by atoms with Crippen LogP contribution in [-0.4, -0.2) is 105 Å². The number of H-pyrrole nitrogens is 2. The Labute approximate surface area is 592 Å². The van der Waals surface area contributed by atoms with Gasteiger partial charge in [-0.2, -0.15) is 5.10 Å². The summed E-state index contributed by atoms with van der Waals surface area (Å²) in [6, 6.07) is 18.7. The van der Waals surface area contributed by atoms with Crippen LogP contribution in [0.3, 0.4) is 0 Å². The predicted molar refractivity (Wildman–Crippen MR) is 410 cm³/mol. The maximum Gasteiger partial charge on any atom is 0.164 e. The molecular formula is C83H120N10O6. The standard InChI is InChI=1S/C83H120N10O6/c1-15-27-34-55(21-7)49-94-69-42-63-64(43-70(69)95-50-56(22-8)35-28-16-2)78-86-77(63)85-76-62-41-33-40-61(48-84-93(13)14)75(62)83(91-76)92-82-68-47-74(99-54-60(26-12)39-32-20-6)73(98-53-59(25-11)38-31-19-5)46-67(68)81(90-82)89-80-66-45-72(97-52-58(24-10)37-30-18-4)71(44-65(66)79(87-78)88-80)96-51-57(23-9)36-29-17-3/h33,40-48,55-60H,15-32,34-39,49-54H2,1-14H3,(H2,85,86,87,88,89,90,91,92)/b84-48+. The molecule has 2 aliphatic rings. The smallest absolute Gasteiger partial charge is 0.164 e. The van der Waals surface area contributed by atoms with Gasteiger partial charge in [-0.05, 0) is 110 Å². The molecule has 8 bridgehead atoms. The highest BCUT2D eigenvalue weighted by molar-refractivity contribution is 6.13. The molecule has 0 radical (unpaired) electrons. The lowest BCUT2D eigenvalue weighted by atomic mass is 10.00. The van der Waals surface area contributed by atoms with Crippen molar-refractivity contribution in [3.8, 4) is 80.0 Å². The van der Waals surface area contributed by atoms with Crippen LogP contribution in [0.15, 0.2) is 59.7 Å². The lowest BCUT2D eigenvalue weighted by Gasteiger charge is -2.21. The first-order valence-electron chi connectivity index (χ1n) is 38.8. The maximum atomic E-state index is 7.05. The summed E-state index contributed by atoms with van der Waals surface area (Å²) in [5, 5.41) is 9.82. The quantitative estimate of drug-likeness (QED) is 0.0272. The first-order valence-corrected chi connectivity index (χ1v) is 38.8. The fourth-order valence-corrected chi connectivity index (χ4v) is 13.5. The summed E-state index contributed by atoms with van der Waals surface area (Å²) in [5.41, 5.74) is 6.13. The molecule has 0 aliphatic carbocycles. The molecule has 538 valence electrons. The fraction of sp³-hybridized carbons (Fsp3) is 0.602. The normalized spacial score (nSPS) is 13.9. The van der Waals surface area contributed by atoms with Crippen LogP contribution in [0, 0.1) is 35.5 Å². The Morgan fingerprint density at radius 3 is 0.909 bits per heavy atom. The van der Waals surface area contributed by atoms with Crippen molar-refractivity contribution in [2.45, 2.75) is 237 Å². The second-order valence-corrected chi connectivity index (χ2v) is 28.4. The highest BCUT2D eigenvalue weighted by Gasteiger charge is 2.29. The van der Waals surface area contributed by atoms with Crippen molar-refractivity contribution in [3.05, 3.63) is 60.2 Å². The molecule has 2 N–H and O–H groups in total. The Balaban J connectivity index is 1.40. The largest absolute Gasteiger partial charge is 0.489 e. The maximum absolute atomic E-state index is 7.05. The van der Waals surface area contributed by atoms with Gasteiger partial charge in [0.15, 0.2) is 57.8 Å². The molecule has 6 unspecified atom stereocenters. The molecular weight excluding hydrogens is 1230 g/mol. The van der Waals surface area contributed by atoms with Gasteiger partial charge in [0.25, 0.3) is 0 Å². The third-order valence-corrected chi connectivity index (χ3v) is 20.6. The van der Waals surface area contributed by atoms with Crippen LogP contribution in [0.1, 0.15) is 243 Å². The van der Waals surface area contributed by atoms with E-state index in [0.29, 0.717) is 156 Å². The second kappa shape index (κ2) is 38.4.